The van der Waals surface area contributed by atoms with E-state index in [0.29, 0.717) is 44.5 Å². The number of hydroxylamine groups is 1. The van der Waals surface area contributed by atoms with Crippen LogP contribution in [-0.2, 0) is 37.1 Å². The lowest BCUT2D eigenvalue weighted by Crippen LogP contribution is -2.50. The van der Waals surface area contributed by atoms with Crippen LogP contribution in [0.25, 0.3) is 0 Å². The molecule has 1 unspecified atom stereocenters. The zero-order chi connectivity index (χ0) is 27.4. The van der Waals surface area contributed by atoms with Crippen LogP contribution in [0.5, 0.6) is 0 Å². The van der Waals surface area contributed by atoms with Gasteiger partial charge in [0.2, 0.25) is 5.91 Å². The first kappa shape index (κ1) is 27.7. The second-order valence-corrected chi connectivity index (χ2v) is 11.3. The Morgan fingerprint density at radius 2 is 1.95 bits per heavy atom. The first-order valence-corrected chi connectivity index (χ1v) is 13.7. The number of ether oxygens (including phenoxy) is 1. The van der Waals surface area contributed by atoms with Crippen molar-refractivity contribution in [1.29, 1.82) is 5.41 Å². The number of amides is 2. The zero-order valence-electron chi connectivity index (χ0n) is 20.3. The smallest absolute Gasteiger partial charge is 0.270 e. The van der Waals surface area contributed by atoms with Crippen molar-refractivity contribution in [2.45, 2.75) is 13.0 Å². The third-order valence-electron chi connectivity index (χ3n) is 6.41. The van der Waals surface area contributed by atoms with E-state index in [2.05, 4.69) is 10.3 Å². The fourth-order valence-electron chi connectivity index (χ4n) is 4.17. The highest BCUT2D eigenvalue weighted by Crippen LogP contribution is 2.29. The molecule has 2 aliphatic rings. The van der Waals surface area contributed by atoms with Gasteiger partial charge in [0.15, 0.2) is 21.6 Å². The van der Waals surface area contributed by atoms with E-state index in [4.69, 9.17) is 10.1 Å². The van der Waals surface area contributed by atoms with Crippen LogP contribution in [-0.4, -0.2) is 85.4 Å². The summed E-state index contributed by atoms with van der Waals surface area (Å²) < 4.78 is 57.4. The maximum atomic E-state index is 13.9. The summed E-state index contributed by atoms with van der Waals surface area (Å²) in [5.74, 6) is -5.95. The van der Waals surface area contributed by atoms with Crippen LogP contribution in [0, 0.1) is 23.0 Å². The number of fused-ring (bicyclic) bond motifs is 1. The maximum Gasteiger partial charge on any atom is 0.270 e. The van der Waals surface area contributed by atoms with Gasteiger partial charge in [-0.2, -0.15) is 5.06 Å². The first-order valence-electron chi connectivity index (χ1n) is 11.9. The minimum atomic E-state index is -3.39. The number of rotatable bonds is 9. The molecular weight excluding hydrogens is 524 g/mol. The van der Waals surface area contributed by atoms with Crippen LogP contribution in [0.4, 0.5) is 14.6 Å². The van der Waals surface area contributed by atoms with Crippen LogP contribution in [0.2, 0.25) is 0 Å². The fraction of sp³-hybridized carbons (Fsp3) is 0.417. The molecule has 1 fully saturated rings. The lowest BCUT2D eigenvalue weighted by atomic mass is 9.90. The van der Waals surface area contributed by atoms with Crippen molar-refractivity contribution < 1.29 is 36.7 Å². The molecule has 4 rings (SSSR count). The molecule has 1 aromatic heterocycles. The zero-order valence-corrected chi connectivity index (χ0v) is 21.1. The number of benzene rings is 1. The van der Waals surface area contributed by atoms with Gasteiger partial charge in [-0.15, -0.1) is 0 Å². The molecule has 3 heterocycles. The van der Waals surface area contributed by atoms with Gasteiger partial charge in [-0.05, 0) is 24.1 Å². The number of aryl methyl sites for hydroxylation is 1. The van der Waals surface area contributed by atoms with E-state index in [1.165, 1.54) is 12.3 Å². The molecule has 0 spiro atoms. The molecule has 2 amide bonds. The second kappa shape index (κ2) is 11.6. The Balaban J connectivity index is 1.42. The van der Waals surface area contributed by atoms with Crippen LogP contribution < -0.4 is 10.4 Å². The highest BCUT2D eigenvalue weighted by Gasteiger charge is 2.42. The van der Waals surface area contributed by atoms with Crippen molar-refractivity contribution in [3.63, 3.8) is 0 Å². The van der Waals surface area contributed by atoms with Crippen LogP contribution in [0.15, 0.2) is 30.5 Å². The number of nitrogens with one attached hydrogen (secondary N) is 2. The molecule has 14 heteroatoms. The van der Waals surface area contributed by atoms with Crippen molar-refractivity contribution in [1.82, 2.24) is 15.2 Å². The Hall–Kier alpha value is -3.33. The van der Waals surface area contributed by atoms with Gasteiger partial charge in [0, 0.05) is 49.6 Å². The number of anilines is 1. The molecule has 11 nitrogen and oxygen atoms in total. The van der Waals surface area contributed by atoms with Crippen molar-refractivity contribution in [2.24, 2.45) is 5.92 Å². The molecule has 1 aromatic carbocycles. The first-order chi connectivity index (χ1) is 18.1. The van der Waals surface area contributed by atoms with E-state index in [-0.39, 0.29) is 46.5 Å². The largest absolute Gasteiger partial charge is 0.379 e. The second-order valence-electron chi connectivity index (χ2n) is 9.02. The molecule has 0 bridgehead atoms. The summed E-state index contributed by atoms with van der Waals surface area (Å²) in [6, 6.07) is 4.21. The maximum absolute atomic E-state index is 13.9. The molecule has 1 atom stereocenters. The number of sulfone groups is 1. The number of nitrogens with zero attached hydrogens (tertiary/aromatic N) is 3. The van der Waals surface area contributed by atoms with E-state index >= 15 is 0 Å². The van der Waals surface area contributed by atoms with Crippen LogP contribution in [0.3, 0.4) is 0 Å². The monoisotopic (exact) mass is 551 g/mol. The Labute approximate surface area is 217 Å². The summed E-state index contributed by atoms with van der Waals surface area (Å²) in [7, 11) is -3.39. The highest BCUT2D eigenvalue weighted by molar-refractivity contribution is 7.91. The molecule has 38 heavy (non-hydrogen) atoms. The Kier molecular flexibility index (Phi) is 8.45. The van der Waals surface area contributed by atoms with Crippen molar-refractivity contribution >= 4 is 33.2 Å². The predicted molar refractivity (Wildman–Crippen MR) is 132 cm³/mol. The fourth-order valence-corrected chi connectivity index (χ4v) is 5.46. The Morgan fingerprint density at radius 3 is 2.66 bits per heavy atom. The van der Waals surface area contributed by atoms with Gasteiger partial charge in [-0.1, -0.05) is 6.07 Å². The summed E-state index contributed by atoms with van der Waals surface area (Å²) in [5, 5.41) is 21.2. The van der Waals surface area contributed by atoms with Gasteiger partial charge in [0.25, 0.3) is 5.91 Å². The van der Waals surface area contributed by atoms with E-state index in [9.17, 15) is 32.0 Å². The van der Waals surface area contributed by atoms with Gasteiger partial charge >= 0.3 is 0 Å². The Morgan fingerprint density at radius 1 is 1.21 bits per heavy atom. The third kappa shape index (κ3) is 6.38. The summed E-state index contributed by atoms with van der Waals surface area (Å²) in [5.41, 5.74) is -0.0476. The van der Waals surface area contributed by atoms with Crippen molar-refractivity contribution in [3.05, 3.63) is 58.8 Å². The van der Waals surface area contributed by atoms with E-state index in [0.717, 1.165) is 12.1 Å². The van der Waals surface area contributed by atoms with E-state index in [1.807, 2.05) is 4.90 Å². The van der Waals surface area contributed by atoms with Crippen LogP contribution >= 0.6 is 0 Å². The quantitative estimate of drug-likeness (QED) is 0.304. The van der Waals surface area contributed by atoms with Gasteiger partial charge in [-0.25, -0.2) is 22.2 Å². The lowest BCUT2D eigenvalue weighted by molar-refractivity contribution is -0.134. The predicted octanol–water partition coefficient (Wildman–Crippen LogP) is 0.686. The van der Waals surface area contributed by atoms with Gasteiger partial charge in [0.05, 0.1) is 30.4 Å². The summed E-state index contributed by atoms with van der Waals surface area (Å²) >= 11 is 0. The molecule has 0 saturated carbocycles. The standard InChI is InChI=1S/C24H27F2N5O6S/c25-17-2-1-16(19(26)12-17)14-29-23(32)20-21(27)18-11-15(13-28-22(18)31(34)24(20)33)3-9-38(35,36)10-6-30-4-7-37-8-5-30/h1-2,11-13,20,27,34H,3-10,14H2,(H,29,32). The minimum Gasteiger partial charge on any atom is -0.379 e. The van der Waals surface area contributed by atoms with Gasteiger partial charge in [-0.3, -0.25) is 19.7 Å². The number of pyridine rings is 1. The van der Waals surface area contributed by atoms with Crippen molar-refractivity contribution in [3.8, 4) is 0 Å². The molecule has 2 aromatic rings. The Bertz CT molecular complexity index is 1350. The number of hydrogen-bond acceptors (Lipinski definition) is 9. The number of carbonyl (C=O) groups excluding carboxylic acids is 2. The van der Waals surface area contributed by atoms with E-state index < -0.39 is 44.9 Å². The number of carbonyl (C=O) groups is 2. The summed E-state index contributed by atoms with van der Waals surface area (Å²) in [4.78, 5) is 31.4. The van der Waals surface area contributed by atoms with Crippen LogP contribution in [0.1, 0.15) is 16.7 Å². The molecular formula is C24H27F2N5O6S. The lowest BCUT2D eigenvalue weighted by Gasteiger charge is -2.29. The van der Waals surface area contributed by atoms with Gasteiger partial charge in [0.1, 0.15) is 11.6 Å². The number of morpholine rings is 1. The molecule has 0 radical (unpaired) electrons. The molecule has 2 aliphatic heterocycles. The number of aromatic nitrogens is 1. The number of hydrogen-bond donors (Lipinski definition) is 3. The highest BCUT2D eigenvalue weighted by atomic mass is 32.2. The third-order valence-corrected chi connectivity index (χ3v) is 8.04. The molecule has 0 aliphatic carbocycles. The normalized spacial score (nSPS) is 18.4. The number of halogens is 2. The average Bonchev–Trinajstić information content (AvgIpc) is 2.90. The summed E-state index contributed by atoms with van der Waals surface area (Å²) in [6.45, 7) is 2.52. The topological polar surface area (TPSA) is 153 Å². The van der Waals surface area contributed by atoms with E-state index in [1.54, 1.807) is 0 Å². The SMILES string of the molecule is N=C1c2cc(CCS(=O)(=O)CCN3CCOCC3)cnc2N(O)C(=O)C1C(=O)NCc1ccc(F)cc1F. The minimum absolute atomic E-state index is 0.0107. The molecule has 1 saturated heterocycles. The van der Waals surface area contributed by atoms with Gasteiger partial charge < -0.3 is 15.5 Å². The van der Waals surface area contributed by atoms with Crippen molar-refractivity contribution in [2.75, 3.05) is 49.4 Å². The average molecular weight is 552 g/mol. The molecule has 204 valence electrons. The summed E-state index contributed by atoms with van der Waals surface area (Å²) in [6.07, 6.45) is 1.39. The molecule has 3 N–H and O–H groups in total.